The highest BCUT2D eigenvalue weighted by atomic mass is 32.2. The van der Waals surface area contributed by atoms with Gasteiger partial charge in [0, 0.05) is 17.2 Å². The van der Waals surface area contributed by atoms with Crippen LogP contribution in [0.4, 0.5) is 0 Å². The fraction of sp³-hybridized carbons (Fsp3) is 0.294. The molecule has 0 atom stereocenters. The Balaban J connectivity index is 1.72. The average molecular weight is 303 g/mol. The van der Waals surface area contributed by atoms with Crippen molar-refractivity contribution in [1.82, 2.24) is 0 Å². The van der Waals surface area contributed by atoms with Gasteiger partial charge in [0.15, 0.2) is 0 Å². The molecule has 0 saturated carbocycles. The van der Waals surface area contributed by atoms with Crippen molar-refractivity contribution in [3.63, 3.8) is 0 Å². The third-order valence-electron chi connectivity index (χ3n) is 3.02. The van der Waals surface area contributed by atoms with Gasteiger partial charge in [0.2, 0.25) is 0 Å². The third kappa shape index (κ3) is 4.99. The van der Waals surface area contributed by atoms with Gasteiger partial charge in [0.1, 0.15) is 11.5 Å². The number of nitrogens with two attached hydrogens (primary N) is 1. The van der Waals surface area contributed by atoms with Crippen LogP contribution in [0.1, 0.15) is 12.0 Å². The van der Waals surface area contributed by atoms with Gasteiger partial charge >= 0.3 is 0 Å². The highest BCUT2D eigenvalue weighted by Gasteiger charge is 2.02. The van der Waals surface area contributed by atoms with Crippen molar-refractivity contribution in [1.29, 1.82) is 0 Å². The van der Waals surface area contributed by atoms with E-state index in [1.807, 2.05) is 42.5 Å². The van der Waals surface area contributed by atoms with E-state index in [0.29, 0.717) is 13.2 Å². The lowest BCUT2D eigenvalue weighted by Gasteiger charge is -2.09. The second-order valence-corrected chi connectivity index (χ2v) is 5.69. The summed E-state index contributed by atoms with van der Waals surface area (Å²) in [6, 6.07) is 16.0. The van der Waals surface area contributed by atoms with E-state index in [4.69, 9.17) is 15.2 Å². The van der Waals surface area contributed by atoms with Crippen molar-refractivity contribution in [2.75, 3.05) is 19.5 Å². The predicted octanol–water partition coefficient (Wildman–Crippen LogP) is 3.72. The Morgan fingerprint density at radius 1 is 1.10 bits per heavy atom. The molecule has 0 aliphatic carbocycles. The van der Waals surface area contributed by atoms with Gasteiger partial charge in [-0.1, -0.05) is 24.3 Å². The molecule has 0 spiro atoms. The summed E-state index contributed by atoms with van der Waals surface area (Å²) in [5, 5.41) is 0. The molecule has 0 fully saturated rings. The van der Waals surface area contributed by atoms with E-state index in [9.17, 15) is 0 Å². The van der Waals surface area contributed by atoms with Crippen LogP contribution in [0, 0.1) is 0 Å². The lowest BCUT2D eigenvalue weighted by Crippen LogP contribution is -2.01. The summed E-state index contributed by atoms with van der Waals surface area (Å²) in [5.74, 6) is 2.82. The number of ether oxygens (including phenoxy) is 2. The Hall–Kier alpha value is -1.65. The molecule has 21 heavy (non-hydrogen) atoms. The summed E-state index contributed by atoms with van der Waals surface area (Å²) in [4.78, 5) is 1.17. The number of para-hydroxylation sites is 1. The lowest BCUT2D eigenvalue weighted by atomic mass is 10.2. The van der Waals surface area contributed by atoms with Crippen LogP contribution in [0.2, 0.25) is 0 Å². The minimum absolute atomic E-state index is 0.543. The van der Waals surface area contributed by atoms with Gasteiger partial charge in [0.25, 0.3) is 0 Å². The van der Waals surface area contributed by atoms with E-state index >= 15 is 0 Å². The number of methoxy groups -OCH3 is 1. The molecule has 0 unspecified atom stereocenters. The predicted molar refractivity (Wildman–Crippen MR) is 88.2 cm³/mol. The van der Waals surface area contributed by atoms with Gasteiger partial charge in [-0.2, -0.15) is 0 Å². The molecular weight excluding hydrogens is 282 g/mol. The SMILES string of the molecule is COc1ccccc1SCCCOc1cccc(CN)c1. The Kier molecular flexibility index (Phi) is 6.44. The van der Waals surface area contributed by atoms with Crippen molar-refractivity contribution in [2.45, 2.75) is 17.9 Å². The van der Waals surface area contributed by atoms with Crippen LogP contribution in [0.15, 0.2) is 53.4 Å². The van der Waals surface area contributed by atoms with Crippen molar-refractivity contribution < 1.29 is 9.47 Å². The van der Waals surface area contributed by atoms with Crippen LogP contribution in [0.3, 0.4) is 0 Å². The number of thioether (sulfide) groups is 1. The second kappa shape index (κ2) is 8.60. The minimum atomic E-state index is 0.543. The molecule has 0 saturated heterocycles. The van der Waals surface area contributed by atoms with Gasteiger partial charge in [-0.3, -0.25) is 0 Å². The quantitative estimate of drug-likeness (QED) is 0.596. The fourth-order valence-electron chi connectivity index (χ4n) is 1.93. The highest BCUT2D eigenvalue weighted by molar-refractivity contribution is 7.99. The molecular formula is C17H21NO2S. The lowest BCUT2D eigenvalue weighted by molar-refractivity contribution is 0.318. The van der Waals surface area contributed by atoms with Crippen molar-refractivity contribution in [3.8, 4) is 11.5 Å². The molecule has 2 aromatic carbocycles. The van der Waals surface area contributed by atoms with E-state index in [-0.39, 0.29) is 0 Å². The van der Waals surface area contributed by atoms with Crippen molar-refractivity contribution in [2.24, 2.45) is 5.73 Å². The number of benzene rings is 2. The molecule has 0 aromatic heterocycles. The van der Waals surface area contributed by atoms with Gasteiger partial charge in [-0.05, 0) is 36.2 Å². The van der Waals surface area contributed by atoms with E-state index in [2.05, 4.69) is 6.07 Å². The van der Waals surface area contributed by atoms with Crippen LogP contribution in [-0.2, 0) is 6.54 Å². The monoisotopic (exact) mass is 303 g/mol. The molecule has 0 amide bonds. The standard InChI is InChI=1S/C17H21NO2S/c1-19-16-8-2-3-9-17(16)21-11-5-10-20-15-7-4-6-14(12-15)13-18/h2-4,6-9,12H,5,10-11,13,18H2,1H3. The summed E-state index contributed by atoms with van der Waals surface area (Å²) < 4.78 is 11.1. The molecule has 2 rings (SSSR count). The van der Waals surface area contributed by atoms with Gasteiger partial charge < -0.3 is 15.2 Å². The highest BCUT2D eigenvalue weighted by Crippen LogP contribution is 2.29. The summed E-state index contributed by atoms with van der Waals surface area (Å²) in [6.45, 7) is 1.25. The molecule has 2 N–H and O–H groups in total. The fourth-order valence-corrected chi connectivity index (χ4v) is 2.88. The molecule has 0 aliphatic heterocycles. The Morgan fingerprint density at radius 2 is 1.95 bits per heavy atom. The summed E-state index contributed by atoms with van der Waals surface area (Å²) in [7, 11) is 1.70. The number of hydrogen-bond donors (Lipinski definition) is 1. The van der Waals surface area contributed by atoms with Crippen LogP contribution in [-0.4, -0.2) is 19.5 Å². The molecule has 0 heterocycles. The molecule has 2 aromatic rings. The normalized spacial score (nSPS) is 10.4. The van der Waals surface area contributed by atoms with Crippen LogP contribution < -0.4 is 15.2 Å². The Labute approximate surface area is 130 Å². The Bertz CT molecular complexity index is 560. The largest absolute Gasteiger partial charge is 0.496 e. The van der Waals surface area contributed by atoms with Crippen LogP contribution in [0.5, 0.6) is 11.5 Å². The number of hydrogen-bond acceptors (Lipinski definition) is 4. The molecule has 0 bridgehead atoms. The first-order chi connectivity index (χ1) is 10.3. The van der Waals surface area contributed by atoms with Crippen molar-refractivity contribution in [3.05, 3.63) is 54.1 Å². The summed E-state index contributed by atoms with van der Waals surface area (Å²) in [5.41, 5.74) is 6.71. The zero-order valence-electron chi connectivity index (χ0n) is 12.2. The molecule has 0 aliphatic rings. The Morgan fingerprint density at radius 3 is 2.76 bits per heavy atom. The first-order valence-electron chi connectivity index (χ1n) is 7.01. The zero-order valence-corrected chi connectivity index (χ0v) is 13.1. The molecule has 112 valence electrons. The minimum Gasteiger partial charge on any atom is -0.496 e. The van der Waals surface area contributed by atoms with Crippen LogP contribution >= 0.6 is 11.8 Å². The molecule has 0 radical (unpaired) electrons. The van der Waals surface area contributed by atoms with Crippen LogP contribution in [0.25, 0.3) is 0 Å². The van der Waals surface area contributed by atoms with Gasteiger partial charge in [0.05, 0.1) is 13.7 Å². The first-order valence-corrected chi connectivity index (χ1v) is 7.99. The first kappa shape index (κ1) is 15.7. The second-order valence-electron chi connectivity index (χ2n) is 4.55. The maximum absolute atomic E-state index is 5.74. The molecule has 4 heteroatoms. The van der Waals surface area contributed by atoms with E-state index < -0.39 is 0 Å². The topological polar surface area (TPSA) is 44.5 Å². The summed E-state index contributed by atoms with van der Waals surface area (Å²) in [6.07, 6.45) is 0.982. The van der Waals surface area contributed by atoms with Gasteiger partial charge in [-0.25, -0.2) is 0 Å². The average Bonchev–Trinajstić information content (AvgIpc) is 2.55. The van der Waals surface area contributed by atoms with Crippen molar-refractivity contribution >= 4 is 11.8 Å². The molecule has 3 nitrogen and oxygen atoms in total. The zero-order chi connectivity index (χ0) is 14.9. The van der Waals surface area contributed by atoms with Gasteiger partial charge in [-0.15, -0.1) is 11.8 Å². The smallest absolute Gasteiger partial charge is 0.132 e. The van der Waals surface area contributed by atoms with E-state index in [1.165, 1.54) is 4.90 Å². The van der Waals surface area contributed by atoms with E-state index in [0.717, 1.165) is 29.2 Å². The van der Waals surface area contributed by atoms with E-state index in [1.54, 1.807) is 18.9 Å². The number of rotatable bonds is 8. The summed E-state index contributed by atoms with van der Waals surface area (Å²) >= 11 is 1.79. The maximum atomic E-state index is 5.74. The third-order valence-corrected chi connectivity index (χ3v) is 4.16. The maximum Gasteiger partial charge on any atom is 0.132 e.